The number of aromatic amines is 1. The van der Waals surface area contributed by atoms with E-state index in [0.29, 0.717) is 6.61 Å². The molecule has 3 heterocycles. The summed E-state index contributed by atoms with van der Waals surface area (Å²) in [6, 6.07) is 4.17. The van der Waals surface area contributed by atoms with Gasteiger partial charge in [0.05, 0.1) is 5.69 Å². The summed E-state index contributed by atoms with van der Waals surface area (Å²) in [4.78, 5) is 7.67. The zero-order chi connectivity index (χ0) is 12.8. The van der Waals surface area contributed by atoms with Crippen LogP contribution in [0.1, 0.15) is 32.2 Å². The van der Waals surface area contributed by atoms with Gasteiger partial charge in [-0.3, -0.25) is 4.98 Å². The third-order valence-electron chi connectivity index (χ3n) is 3.12. The Hall–Kier alpha value is -1.77. The molecule has 0 amide bonds. The fourth-order valence-corrected chi connectivity index (χ4v) is 2.44. The second kappa shape index (κ2) is 3.87. The Kier molecular flexibility index (Phi) is 2.44. The van der Waals surface area contributed by atoms with E-state index in [0.717, 1.165) is 23.4 Å². The van der Waals surface area contributed by atoms with Crippen molar-refractivity contribution in [2.24, 2.45) is 5.41 Å². The maximum Gasteiger partial charge on any atom is 0.130 e. The number of aromatic nitrogens is 2. The van der Waals surface area contributed by atoms with E-state index in [1.54, 1.807) is 6.20 Å². The van der Waals surface area contributed by atoms with Crippen LogP contribution in [0.4, 0.5) is 0 Å². The molecule has 1 N–H and O–H groups in total. The lowest BCUT2D eigenvalue weighted by Gasteiger charge is -2.16. The van der Waals surface area contributed by atoms with Crippen molar-refractivity contribution in [1.29, 1.82) is 0 Å². The van der Waals surface area contributed by atoms with E-state index in [2.05, 4.69) is 36.8 Å². The highest BCUT2D eigenvalue weighted by Gasteiger charge is 2.21. The molecule has 2 aromatic rings. The Labute approximate surface area is 107 Å². The Morgan fingerprint density at radius 2 is 2.17 bits per heavy atom. The molecule has 0 spiro atoms. The summed E-state index contributed by atoms with van der Waals surface area (Å²) >= 11 is 0. The van der Waals surface area contributed by atoms with Crippen LogP contribution >= 0.6 is 0 Å². The van der Waals surface area contributed by atoms with Crippen molar-refractivity contribution < 1.29 is 4.74 Å². The monoisotopic (exact) mass is 242 g/mol. The van der Waals surface area contributed by atoms with Crippen molar-refractivity contribution in [2.45, 2.75) is 33.8 Å². The molecule has 0 saturated carbocycles. The minimum atomic E-state index is 0.284. The van der Waals surface area contributed by atoms with Crippen molar-refractivity contribution in [3.8, 4) is 16.9 Å². The van der Waals surface area contributed by atoms with Crippen LogP contribution < -0.4 is 4.74 Å². The molecule has 0 aliphatic carbocycles. The number of nitrogens with one attached hydrogen (secondary N) is 1. The molecule has 0 atom stereocenters. The fraction of sp³-hybridized carbons (Fsp3) is 0.400. The van der Waals surface area contributed by atoms with Crippen molar-refractivity contribution in [2.75, 3.05) is 0 Å². The first-order chi connectivity index (χ1) is 8.53. The van der Waals surface area contributed by atoms with Crippen molar-refractivity contribution >= 4 is 0 Å². The second-order valence-electron chi connectivity index (χ2n) is 6.08. The Balaban J connectivity index is 2.02. The molecule has 0 aromatic carbocycles. The number of hydrogen-bond acceptors (Lipinski definition) is 2. The van der Waals surface area contributed by atoms with Gasteiger partial charge in [0, 0.05) is 29.2 Å². The average Bonchev–Trinajstić information content (AvgIpc) is 2.69. The van der Waals surface area contributed by atoms with Crippen LogP contribution in [0.25, 0.3) is 11.1 Å². The highest BCUT2D eigenvalue weighted by atomic mass is 16.5. The van der Waals surface area contributed by atoms with Crippen LogP contribution in [-0.2, 0) is 13.0 Å². The van der Waals surface area contributed by atoms with Gasteiger partial charge in [0.25, 0.3) is 0 Å². The lowest BCUT2D eigenvalue weighted by Crippen LogP contribution is -2.09. The van der Waals surface area contributed by atoms with Crippen LogP contribution in [0, 0.1) is 5.41 Å². The van der Waals surface area contributed by atoms with Crippen molar-refractivity contribution in [3.05, 3.63) is 35.9 Å². The van der Waals surface area contributed by atoms with E-state index < -0.39 is 0 Å². The summed E-state index contributed by atoms with van der Waals surface area (Å²) in [6.07, 6.45) is 4.68. The van der Waals surface area contributed by atoms with Crippen LogP contribution in [-0.4, -0.2) is 9.97 Å². The third-order valence-corrected chi connectivity index (χ3v) is 3.12. The molecular weight excluding hydrogens is 224 g/mol. The molecule has 0 radical (unpaired) electrons. The van der Waals surface area contributed by atoms with Crippen LogP contribution in [0.2, 0.25) is 0 Å². The lowest BCUT2D eigenvalue weighted by molar-refractivity contribution is 0.297. The second-order valence-corrected chi connectivity index (χ2v) is 6.08. The number of ether oxygens (including phenoxy) is 1. The first-order valence-electron chi connectivity index (χ1n) is 6.31. The first kappa shape index (κ1) is 11.3. The van der Waals surface area contributed by atoms with Crippen molar-refractivity contribution in [3.63, 3.8) is 0 Å². The highest BCUT2D eigenvalue weighted by Crippen LogP contribution is 2.37. The van der Waals surface area contributed by atoms with Gasteiger partial charge in [0.1, 0.15) is 12.4 Å². The van der Waals surface area contributed by atoms with Gasteiger partial charge in [0.2, 0.25) is 0 Å². The number of fused-ring (bicyclic) bond motifs is 3. The molecule has 3 heteroatoms. The molecule has 2 aromatic heterocycles. The standard InChI is InChI=1S/C15H18N2O/c1-15(2,3)7-10-6-11-12-8-16-5-4-14(12)18-9-13(11)17-10/h4-6,8,17H,7,9H2,1-3H3. The largest absolute Gasteiger partial charge is 0.487 e. The summed E-state index contributed by atoms with van der Waals surface area (Å²) in [5.41, 5.74) is 5.05. The van der Waals surface area contributed by atoms with Crippen LogP contribution in [0.3, 0.4) is 0 Å². The molecule has 1 aliphatic heterocycles. The lowest BCUT2D eigenvalue weighted by atomic mass is 9.90. The molecule has 0 bridgehead atoms. The third kappa shape index (κ3) is 2.01. The van der Waals surface area contributed by atoms with Crippen LogP contribution in [0.5, 0.6) is 5.75 Å². The van der Waals surface area contributed by atoms with Gasteiger partial charge in [-0.15, -0.1) is 0 Å². The number of hydrogen-bond donors (Lipinski definition) is 1. The molecular formula is C15H18N2O. The number of pyridine rings is 1. The minimum Gasteiger partial charge on any atom is -0.487 e. The average molecular weight is 242 g/mol. The van der Waals surface area contributed by atoms with E-state index in [1.807, 2.05) is 12.3 Å². The normalized spacial score (nSPS) is 13.7. The molecule has 18 heavy (non-hydrogen) atoms. The molecule has 3 rings (SSSR count). The Bertz CT molecular complexity index is 578. The topological polar surface area (TPSA) is 37.9 Å². The summed E-state index contributed by atoms with van der Waals surface area (Å²) in [5.74, 6) is 0.929. The molecule has 3 nitrogen and oxygen atoms in total. The van der Waals surface area contributed by atoms with Gasteiger partial charge < -0.3 is 9.72 Å². The van der Waals surface area contributed by atoms with Crippen molar-refractivity contribution in [1.82, 2.24) is 9.97 Å². The van der Waals surface area contributed by atoms with E-state index in [-0.39, 0.29) is 5.41 Å². The number of H-pyrrole nitrogens is 1. The van der Waals surface area contributed by atoms with E-state index in [4.69, 9.17) is 4.74 Å². The summed E-state index contributed by atoms with van der Waals surface area (Å²) in [6.45, 7) is 7.37. The molecule has 0 unspecified atom stereocenters. The smallest absolute Gasteiger partial charge is 0.130 e. The molecule has 1 aliphatic rings. The SMILES string of the molecule is CC(C)(C)Cc1cc2c([nH]1)COc1ccncc1-2. The highest BCUT2D eigenvalue weighted by molar-refractivity contribution is 5.73. The van der Waals surface area contributed by atoms with Gasteiger partial charge in [-0.1, -0.05) is 20.8 Å². The number of nitrogens with zero attached hydrogens (tertiary/aromatic N) is 1. The van der Waals surface area contributed by atoms with Crippen LogP contribution in [0.15, 0.2) is 24.5 Å². The van der Waals surface area contributed by atoms with E-state index >= 15 is 0 Å². The molecule has 0 saturated heterocycles. The summed E-state index contributed by atoms with van der Waals surface area (Å²) in [7, 11) is 0. The zero-order valence-electron chi connectivity index (χ0n) is 11.1. The molecule has 0 fully saturated rings. The predicted octanol–water partition coefficient (Wildman–Crippen LogP) is 3.56. The maximum atomic E-state index is 5.72. The Morgan fingerprint density at radius 1 is 1.33 bits per heavy atom. The van der Waals surface area contributed by atoms with Gasteiger partial charge in [-0.25, -0.2) is 0 Å². The minimum absolute atomic E-state index is 0.284. The molecule has 94 valence electrons. The van der Waals surface area contributed by atoms with Gasteiger partial charge in [0.15, 0.2) is 0 Å². The first-order valence-corrected chi connectivity index (χ1v) is 6.31. The zero-order valence-corrected chi connectivity index (χ0v) is 11.1. The summed E-state index contributed by atoms with van der Waals surface area (Å²) in [5, 5.41) is 0. The Morgan fingerprint density at radius 3 is 2.94 bits per heavy atom. The van der Waals surface area contributed by atoms with Gasteiger partial charge in [-0.2, -0.15) is 0 Å². The quantitative estimate of drug-likeness (QED) is 0.830. The predicted molar refractivity (Wildman–Crippen MR) is 71.5 cm³/mol. The van der Waals surface area contributed by atoms with E-state index in [1.165, 1.54) is 11.3 Å². The fourth-order valence-electron chi connectivity index (χ4n) is 2.44. The van der Waals surface area contributed by atoms with E-state index in [9.17, 15) is 0 Å². The maximum absolute atomic E-state index is 5.72. The number of rotatable bonds is 1. The summed E-state index contributed by atoms with van der Waals surface area (Å²) < 4.78 is 5.72. The van der Waals surface area contributed by atoms with Gasteiger partial charge >= 0.3 is 0 Å². The van der Waals surface area contributed by atoms with Gasteiger partial charge in [-0.05, 0) is 24.0 Å².